The highest BCUT2D eigenvalue weighted by atomic mass is 16.2. The van der Waals surface area contributed by atoms with Gasteiger partial charge in [-0.3, -0.25) is 9.59 Å². The van der Waals surface area contributed by atoms with Crippen molar-refractivity contribution in [1.82, 2.24) is 0 Å². The standard InChI is InChI=1S/C23H30N2O2/c1-15-5-6-19(11-20(15)25-7-3-2-4-21(25)26)24-22(27)23-12-16-8-17(13-23)10-18(9-16)14-23/h5-6,11,16-18H,2-4,7-10,12-14H2,1H3,(H,24,27). The Balaban J connectivity index is 1.37. The van der Waals surface area contributed by atoms with Gasteiger partial charge in [-0.1, -0.05) is 6.07 Å². The molecule has 2 amide bonds. The zero-order chi connectivity index (χ0) is 18.6. The lowest BCUT2D eigenvalue weighted by atomic mass is 9.49. The van der Waals surface area contributed by atoms with Crippen LogP contribution in [0.4, 0.5) is 11.4 Å². The molecule has 1 N–H and O–H groups in total. The van der Waals surface area contributed by atoms with E-state index in [9.17, 15) is 9.59 Å². The number of amides is 2. The van der Waals surface area contributed by atoms with E-state index in [1.807, 2.05) is 30.0 Å². The lowest BCUT2D eigenvalue weighted by Gasteiger charge is -2.55. The first-order valence-electron chi connectivity index (χ1n) is 10.7. The summed E-state index contributed by atoms with van der Waals surface area (Å²) in [6.45, 7) is 2.83. The highest BCUT2D eigenvalue weighted by molar-refractivity contribution is 5.98. The molecule has 0 aromatic heterocycles. The monoisotopic (exact) mass is 366 g/mol. The van der Waals surface area contributed by atoms with E-state index in [4.69, 9.17) is 0 Å². The summed E-state index contributed by atoms with van der Waals surface area (Å²) in [4.78, 5) is 27.6. The van der Waals surface area contributed by atoms with Crippen molar-refractivity contribution >= 4 is 23.2 Å². The van der Waals surface area contributed by atoms with Crippen LogP contribution in [0.5, 0.6) is 0 Å². The molecule has 0 unspecified atom stereocenters. The van der Waals surface area contributed by atoms with E-state index in [1.54, 1.807) is 0 Å². The second-order valence-electron chi connectivity index (χ2n) is 9.66. The third-order valence-electron chi connectivity index (χ3n) is 7.60. The van der Waals surface area contributed by atoms with E-state index in [0.717, 1.165) is 73.3 Å². The van der Waals surface area contributed by atoms with Crippen molar-refractivity contribution in [3.05, 3.63) is 23.8 Å². The van der Waals surface area contributed by atoms with Gasteiger partial charge in [0.25, 0.3) is 0 Å². The van der Waals surface area contributed by atoms with Gasteiger partial charge in [-0.2, -0.15) is 0 Å². The minimum absolute atomic E-state index is 0.138. The molecule has 4 bridgehead atoms. The molecule has 1 aromatic rings. The summed E-state index contributed by atoms with van der Waals surface area (Å²) in [6, 6.07) is 6.04. The van der Waals surface area contributed by atoms with Crippen LogP contribution in [0, 0.1) is 30.1 Å². The first kappa shape index (κ1) is 17.3. The molecule has 4 aliphatic carbocycles. The van der Waals surface area contributed by atoms with Gasteiger partial charge in [-0.15, -0.1) is 0 Å². The van der Waals surface area contributed by atoms with Gasteiger partial charge in [-0.25, -0.2) is 0 Å². The number of hydrogen-bond donors (Lipinski definition) is 1. The van der Waals surface area contributed by atoms with Crippen molar-refractivity contribution in [3.63, 3.8) is 0 Å². The summed E-state index contributed by atoms with van der Waals surface area (Å²) in [5.41, 5.74) is 2.76. The van der Waals surface area contributed by atoms with Gasteiger partial charge in [-0.05, 0) is 93.7 Å². The van der Waals surface area contributed by atoms with Crippen LogP contribution < -0.4 is 10.2 Å². The predicted octanol–water partition coefficient (Wildman–Crippen LogP) is 4.67. The minimum Gasteiger partial charge on any atom is -0.326 e. The van der Waals surface area contributed by atoms with Crippen LogP contribution in [-0.4, -0.2) is 18.4 Å². The summed E-state index contributed by atoms with van der Waals surface area (Å²) in [6.07, 6.45) is 9.93. The SMILES string of the molecule is Cc1ccc(NC(=O)C23CC4CC(CC(C4)C2)C3)cc1N1CCCCC1=O. The Hall–Kier alpha value is -1.84. The van der Waals surface area contributed by atoms with Crippen molar-refractivity contribution in [2.75, 3.05) is 16.8 Å². The number of nitrogens with zero attached hydrogens (tertiary/aromatic N) is 1. The molecule has 4 heteroatoms. The summed E-state index contributed by atoms with van der Waals surface area (Å²) >= 11 is 0. The molecule has 144 valence electrons. The molecule has 0 radical (unpaired) electrons. The van der Waals surface area contributed by atoms with Crippen molar-refractivity contribution in [1.29, 1.82) is 0 Å². The Kier molecular flexibility index (Phi) is 4.06. The molecule has 5 aliphatic rings. The normalized spacial score (nSPS) is 34.8. The Morgan fingerprint density at radius 3 is 2.37 bits per heavy atom. The quantitative estimate of drug-likeness (QED) is 0.845. The molecule has 1 aliphatic heterocycles. The molecule has 1 aromatic carbocycles. The molecule has 1 saturated heterocycles. The second-order valence-corrected chi connectivity index (χ2v) is 9.66. The van der Waals surface area contributed by atoms with E-state index in [0.29, 0.717) is 6.42 Å². The molecule has 27 heavy (non-hydrogen) atoms. The molecule has 5 fully saturated rings. The Labute approximate surface area is 161 Å². The fourth-order valence-corrected chi connectivity index (χ4v) is 6.69. The predicted molar refractivity (Wildman–Crippen MR) is 107 cm³/mol. The van der Waals surface area contributed by atoms with E-state index in [1.165, 1.54) is 19.3 Å². The van der Waals surface area contributed by atoms with Crippen LogP contribution in [0.15, 0.2) is 18.2 Å². The fourth-order valence-electron chi connectivity index (χ4n) is 6.69. The average Bonchev–Trinajstić information content (AvgIpc) is 2.63. The second kappa shape index (κ2) is 6.35. The zero-order valence-electron chi connectivity index (χ0n) is 16.3. The van der Waals surface area contributed by atoms with Crippen molar-refractivity contribution in [2.45, 2.75) is 64.7 Å². The topological polar surface area (TPSA) is 49.4 Å². The lowest BCUT2D eigenvalue weighted by molar-refractivity contribution is -0.140. The minimum atomic E-state index is -0.138. The van der Waals surface area contributed by atoms with Gasteiger partial charge in [0.15, 0.2) is 0 Å². The average molecular weight is 367 g/mol. The largest absolute Gasteiger partial charge is 0.326 e. The smallest absolute Gasteiger partial charge is 0.230 e. The number of rotatable bonds is 3. The van der Waals surface area contributed by atoms with Gasteiger partial charge in [0.1, 0.15) is 0 Å². The maximum Gasteiger partial charge on any atom is 0.230 e. The maximum atomic E-state index is 13.3. The van der Waals surface area contributed by atoms with E-state index < -0.39 is 0 Å². The number of aryl methyl sites for hydroxylation is 1. The molecule has 4 nitrogen and oxygen atoms in total. The van der Waals surface area contributed by atoms with Gasteiger partial charge >= 0.3 is 0 Å². The van der Waals surface area contributed by atoms with E-state index in [2.05, 4.69) is 5.32 Å². The maximum absolute atomic E-state index is 13.3. The molecular formula is C23H30N2O2. The van der Waals surface area contributed by atoms with E-state index >= 15 is 0 Å². The molecule has 1 heterocycles. The zero-order valence-corrected chi connectivity index (χ0v) is 16.3. The summed E-state index contributed by atoms with van der Waals surface area (Å²) < 4.78 is 0. The van der Waals surface area contributed by atoms with E-state index in [-0.39, 0.29) is 17.2 Å². The highest BCUT2D eigenvalue weighted by Crippen LogP contribution is 2.60. The van der Waals surface area contributed by atoms with Crippen molar-refractivity contribution < 1.29 is 9.59 Å². The Morgan fingerprint density at radius 2 is 1.74 bits per heavy atom. The van der Waals surface area contributed by atoms with Crippen LogP contribution in [0.1, 0.15) is 63.4 Å². The molecule has 0 spiro atoms. The molecular weight excluding hydrogens is 336 g/mol. The Bertz CT molecular complexity index is 749. The van der Waals surface area contributed by atoms with Crippen LogP contribution in [0.25, 0.3) is 0 Å². The molecule has 0 atom stereocenters. The number of carbonyl (C=O) groups excluding carboxylic acids is 2. The number of piperidine rings is 1. The van der Waals surface area contributed by atoms with Gasteiger partial charge < -0.3 is 10.2 Å². The first-order chi connectivity index (χ1) is 13.0. The number of hydrogen-bond acceptors (Lipinski definition) is 2. The number of nitrogens with one attached hydrogen (secondary N) is 1. The van der Waals surface area contributed by atoms with Crippen LogP contribution in [0.2, 0.25) is 0 Å². The van der Waals surface area contributed by atoms with Crippen LogP contribution in [-0.2, 0) is 9.59 Å². The van der Waals surface area contributed by atoms with Crippen molar-refractivity contribution in [2.24, 2.45) is 23.2 Å². The first-order valence-corrected chi connectivity index (χ1v) is 10.7. The number of carbonyl (C=O) groups is 2. The van der Waals surface area contributed by atoms with Crippen LogP contribution >= 0.6 is 0 Å². The highest BCUT2D eigenvalue weighted by Gasteiger charge is 2.54. The number of benzene rings is 1. The van der Waals surface area contributed by atoms with Gasteiger partial charge in [0.2, 0.25) is 11.8 Å². The number of anilines is 2. The summed E-state index contributed by atoms with van der Waals surface area (Å²) in [5, 5.41) is 3.24. The summed E-state index contributed by atoms with van der Waals surface area (Å²) in [5.74, 6) is 2.72. The lowest BCUT2D eigenvalue weighted by Crippen LogP contribution is -2.51. The van der Waals surface area contributed by atoms with Crippen LogP contribution in [0.3, 0.4) is 0 Å². The third kappa shape index (κ3) is 2.97. The van der Waals surface area contributed by atoms with Crippen molar-refractivity contribution in [3.8, 4) is 0 Å². The Morgan fingerprint density at radius 1 is 1.07 bits per heavy atom. The van der Waals surface area contributed by atoms with Gasteiger partial charge in [0.05, 0.1) is 5.41 Å². The third-order valence-corrected chi connectivity index (χ3v) is 7.60. The molecule has 6 rings (SSSR count). The van der Waals surface area contributed by atoms with Gasteiger partial charge in [0, 0.05) is 24.3 Å². The fraction of sp³-hybridized carbons (Fsp3) is 0.652. The summed E-state index contributed by atoms with van der Waals surface area (Å²) in [7, 11) is 0. The molecule has 4 saturated carbocycles.